The van der Waals surface area contributed by atoms with Gasteiger partial charge in [0.25, 0.3) is 0 Å². The van der Waals surface area contributed by atoms with E-state index >= 15 is 0 Å². The molecule has 136 valence electrons. The molecule has 10 atom stereocenters. The van der Waals surface area contributed by atoms with Crippen LogP contribution in [0.4, 0.5) is 0 Å². The normalized spacial score (nSPS) is 52.6. The molecule has 0 aromatic carbocycles. The summed E-state index contributed by atoms with van der Waals surface area (Å²) in [5.41, 5.74) is 0. The minimum Gasteiger partial charge on any atom is -0.394 e. The van der Waals surface area contributed by atoms with E-state index in [0.717, 1.165) is 0 Å². The van der Waals surface area contributed by atoms with Crippen molar-refractivity contribution >= 4 is 11.6 Å². The van der Waals surface area contributed by atoms with Gasteiger partial charge >= 0.3 is 0 Å². The molecule has 10 nitrogen and oxygen atoms in total. The van der Waals surface area contributed by atoms with Crippen LogP contribution in [0.3, 0.4) is 0 Å². The van der Waals surface area contributed by atoms with Crippen molar-refractivity contribution in [1.82, 2.24) is 0 Å². The highest BCUT2D eigenvalue weighted by molar-refractivity contribution is 6.21. The number of alkyl halides is 1. The van der Waals surface area contributed by atoms with Crippen molar-refractivity contribution in [3.8, 4) is 0 Å². The summed E-state index contributed by atoms with van der Waals surface area (Å²) in [6.45, 7) is -1.38. The van der Waals surface area contributed by atoms with E-state index in [9.17, 15) is 30.6 Å². The van der Waals surface area contributed by atoms with Crippen LogP contribution >= 0.6 is 11.6 Å². The maximum Gasteiger partial charge on any atom is 0.224 e. The van der Waals surface area contributed by atoms with Gasteiger partial charge in [-0.3, -0.25) is 0 Å². The maximum atomic E-state index is 10.3. The first kappa shape index (κ1) is 19.2. The van der Waals surface area contributed by atoms with E-state index in [-0.39, 0.29) is 0 Å². The molecule has 0 aromatic heterocycles. The highest BCUT2D eigenvalue weighted by Gasteiger charge is 2.61. The molecule has 2 rings (SSSR count). The van der Waals surface area contributed by atoms with Gasteiger partial charge < -0.3 is 50.3 Å². The second-order valence-corrected chi connectivity index (χ2v) is 6.22. The fourth-order valence-electron chi connectivity index (χ4n) is 2.82. The number of aliphatic hydroxyl groups excluding tert-OH is 7. The Hall–Kier alpha value is -0.110. The molecule has 2 heterocycles. The molecule has 0 aromatic rings. The van der Waals surface area contributed by atoms with Crippen LogP contribution < -0.4 is 0 Å². The maximum absolute atomic E-state index is 10.3. The molecule has 1 unspecified atom stereocenters. The summed E-state index contributed by atoms with van der Waals surface area (Å²) in [6, 6.07) is 0. The van der Waals surface area contributed by atoms with E-state index in [1.54, 1.807) is 0 Å². The lowest BCUT2D eigenvalue weighted by molar-refractivity contribution is -0.318. The molecule has 8 N–H and O–H groups in total. The summed E-state index contributed by atoms with van der Waals surface area (Å²) in [5, 5.41) is 77.0. The van der Waals surface area contributed by atoms with Gasteiger partial charge in [-0.25, -0.2) is 0 Å². The van der Waals surface area contributed by atoms with E-state index in [4.69, 9.17) is 31.3 Å². The van der Waals surface area contributed by atoms with Crippen LogP contribution in [0.1, 0.15) is 0 Å². The van der Waals surface area contributed by atoms with Gasteiger partial charge in [-0.15, -0.1) is 11.6 Å². The topological polar surface area (TPSA) is 180 Å². The molecule has 23 heavy (non-hydrogen) atoms. The average molecular weight is 361 g/mol. The summed E-state index contributed by atoms with van der Waals surface area (Å²) in [7, 11) is 0. The predicted molar refractivity (Wildman–Crippen MR) is 72.3 cm³/mol. The Morgan fingerprint density at radius 3 is 2.00 bits per heavy atom. The molecule has 0 bridgehead atoms. The van der Waals surface area contributed by atoms with E-state index in [2.05, 4.69) is 0 Å². The van der Waals surface area contributed by atoms with Crippen LogP contribution in [-0.4, -0.2) is 114 Å². The molecular formula is C12H21ClO10. The molecule has 2 aliphatic heterocycles. The minimum absolute atomic E-state index is 0.634. The van der Waals surface area contributed by atoms with Gasteiger partial charge in [0.2, 0.25) is 5.79 Å². The molecule has 0 radical (unpaired) electrons. The third-order valence-corrected chi connectivity index (χ3v) is 4.80. The van der Waals surface area contributed by atoms with Gasteiger partial charge in [0.05, 0.1) is 18.6 Å². The number of hydrogen-bond acceptors (Lipinski definition) is 10. The number of halogens is 1. The Morgan fingerprint density at radius 1 is 0.957 bits per heavy atom. The number of ether oxygens (including phenoxy) is 2. The average Bonchev–Trinajstić information content (AvgIpc) is 2.77. The Bertz CT molecular complexity index is 411. The summed E-state index contributed by atoms with van der Waals surface area (Å²) in [6.07, 6.45) is -13.4. The fraction of sp³-hybridized carbons (Fsp3) is 1.00. The molecule has 2 aliphatic rings. The Morgan fingerprint density at radius 2 is 1.52 bits per heavy atom. The monoisotopic (exact) mass is 360 g/mol. The van der Waals surface area contributed by atoms with Crippen molar-refractivity contribution in [2.75, 3.05) is 13.2 Å². The SMILES string of the molecule is OC[C@H]1O[C@@](O)(C(O)[C@H]2O[C@H](CO)[C@H](Cl)[C@H](O)[C@H]2O)[C@@H](O)[C@@H]1O. The first-order chi connectivity index (χ1) is 10.7. The standard InChI is InChI=1S/C12H21ClO10/c13-5-3(1-14)22-9(8(18)7(5)17)11(20)12(21)10(19)6(16)4(2-15)23-12/h3-11,14-21H,1-2H2/t3-,4-,5+,6-,7+,8-,9+,10+,11?,12-/m1/s1. The van der Waals surface area contributed by atoms with Gasteiger partial charge in [0.15, 0.2) is 0 Å². The lowest BCUT2D eigenvalue weighted by atomic mass is 9.88. The van der Waals surface area contributed by atoms with E-state index < -0.39 is 73.2 Å². The molecule has 2 saturated heterocycles. The number of aliphatic hydroxyl groups is 8. The van der Waals surface area contributed by atoms with Crippen LogP contribution in [0.2, 0.25) is 0 Å². The first-order valence-electron chi connectivity index (χ1n) is 7.00. The zero-order chi connectivity index (χ0) is 17.5. The van der Waals surface area contributed by atoms with Crippen molar-refractivity contribution in [2.45, 2.75) is 60.0 Å². The fourth-order valence-corrected chi connectivity index (χ4v) is 3.11. The highest BCUT2D eigenvalue weighted by Crippen LogP contribution is 2.37. The quantitative estimate of drug-likeness (QED) is 0.227. The molecular weight excluding hydrogens is 340 g/mol. The molecule has 0 amide bonds. The number of hydrogen-bond donors (Lipinski definition) is 8. The minimum atomic E-state index is -2.77. The third kappa shape index (κ3) is 3.10. The largest absolute Gasteiger partial charge is 0.394 e. The molecule has 2 fully saturated rings. The second kappa shape index (κ2) is 7.02. The molecule has 0 aliphatic carbocycles. The van der Waals surface area contributed by atoms with Crippen molar-refractivity contribution < 1.29 is 50.3 Å². The summed E-state index contributed by atoms with van der Waals surface area (Å²) >= 11 is 5.80. The highest BCUT2D eigenvalue weighted by atomic mass is 35.5. The summed E-state index contributed by atoms with van der Waals surface area (Å²) in [5.74, 6) is -2.77. The van der Waals surface area contributed by atoms with Crippen LogP contribution in [0.5, 0.6) is 0 Å². The van der Waals surface area contributed by atoms with Crippen LogP contribution in [0, 0.1) is 0 Å². The van der Waals surface area contributed by atoms with Crippen LogP contribution in [-0.2, 0) is 9.47 Å². The first-order valence-corrected chi connectivity index (χ1v) is 7.44. The van der Waals surface area contributed by atoms with Crippen molar-refractivity contribution in [1.29, 1.82) is 0 Å². The Kier molecular flexibility index (Phi) is 5.87. The van der Waals surface area contributed by atoms with Crippen molar-refractivity contribution in [3.05, 3.63) is 0 Å². The van der Waals surface area contributed by atoms with Crippen molar-refractivity contribution in [2.24, 2.45) is 0 Å². The second-order valence-electron chi connectivity index (χ2n) is 5.72. The smallest absolute Gasteiger partial charge is 0.224 e. The van der Waals surface area contributed by atoms with E-state index in [0.29, 0.717) is 0 Å². The van der Waals surface area contributed by atoms with E-state index in [1.165, 1.54) is 0 Å². The Balaban J connectivity index is 2.23. The van der Waals surface area contributed by atoms with Gasteiger partial charge in [-0.1, -0.05) is 0 Å². The molecule has 0 spiro atoms. The molecule has 11 heteroatoms. The van der Waals surface area contributed by atoms with Gasteiger partial charge in [0, 0.05) is 0 Å². The molecule has 0 saturated carbocycles. The zero-order valence-electron chi connectivity index (χ0n) is 11.9. The lowest BCUT2D eigenvalue weighted by Gasteiger charge is -2.44. The van der Waals surface area contributed by atoms with Gasteiger partial charge in [0.1, 0.15) is 48.8 Å². The zero-order valence-corrected chi connectivity index (χ0v) is 12.6. The van der Waals surface area contributed by atoms with Crippen LogP contribution in [0.15, 0.2) is 0 Å². The van der Waals surface area contributed by atoms with Gasteiger partial charge in [-0.2, -0.15) is 0 Å². The van der Waals surface area contributed by atoms with Crippen LogP contribution in [0.25, 0.3) is 0 Å². The van der Waals surface area contributed by atoms with E-state index in [1.807, 2.05) is 0 Å². The third-order valence-electron chi connectivity index (χ3n) is 4.26. The predicted octanol–water partition coefficient (Wildman–Crippen LogP) is -4.76. The van der Waals surface area contributed by atoms with Gasteiger partial charge in [-0.05, 0) is 0 Å². The van der Waals surface area contributed by atoms with Crippen molar-refractivity contribution in [3.63, 3.8) is 0 Å². The summed E-state index contributed by atoms with van der Waals surface area (Å²) < 4.78 is 10.1. The lowest BCUT2D eigenvalue weighted by Crippen LogP contribution is -2.66. The Labute approximate surface area is 136 Å². The summed E-state index contributed by atoms with van der Waals surface area (Å²) in [4.78, 5) is 0. The number of rotatable bonds is 4.